The monoisotopic (exact) mass is 210 g/mol. The van der Waals surface area contributed by atoms with Crippen molar-refractivity contribution in [3.05, 3.63) is 23.1 Å². The SMILES string of the molecule is CSc1ccc2scc(O)c2c1C. The second-order valence-corrected chi connectivity index (χ2v) is 4.65. The quantitative estimate of drug-likeness (QED) is 0.725. The Labute approximate surface area is 85.4 Å². The Kier molecular flexibility index (Phi) is 2.22. The number of thiophene rings is 1. The van der Waals surface area contributed by atoms with Gasteiger partial charge in [-0.25, -0.2) is 0 Å². The van der Waals surface area contributed by atoms with Gasteiger partial charge in [-0.05, 0) is 30.9 Å². The molecule has 0 saturated heterocycles. The Hall–Kier alpha value is -0.670. The number of hydrogen-bond donors (Lipinski definition) is 1. The summed E-state index contributed by atoms with van der Waals surface area (Å²) in [6, 6.07) is 4.18. The van der Waals surface area contributed by atoms with Crippen LogP contribution >= 0.6 is 23.1 Å². The normalized spacial score (nSPS) is 10.9. The Morgan fingerprint density at radius 3 is 2.85 bits per heavy atom. The molecule has 68 valence electrons. The van der Waals surface area contributed by atoms with Gasteiger partial charge in [-0.15, -0.1) is 23.1 Å². The fraction of sp³-hybridized carbons (Fsp3) is 0.200. The van der Waals surface area contributed by atoms with E-state index in [1.165, 1.54) is 10.5 Å². The van der Waals surface area contributed by atoms with Gasteiger partial charge < -0.3 is 5.11 Å². The first-order chi connectivity index (χ1) is 6.24. The average molecular weight is 210 g/mol. The first-order valence-corrected chi connectivity index (χ1v) is 6.08. The summed E-state index contributed by atoms with van der Waals surface area (Å²) in [6.45, 7) is 2.06. The molecular weight excluding hydrogens is 200 g/mol. The van der Waals surface area contributed by atoms with Crippen molar-refractivity contribution in [1.82, 2.24) is 0 Å². The van der Waals surface area contributed by atoms with Crippen molar-refractivity contribution >= 4 is 33.2 Å². The summed E-state index contributed by atoms with van der Waals surface area (Å²) in [7, 11) is 0. The van der Waals surface area contributed by atoms with Gasteiger partial charge in [0.15, 0.2) is 0 Å². The minimum Gasteiger partial charge on any atom is -0.506 e. The lowest BCUT2D eigenvalue weighted by Crippen LogP contribution is -1.78. The topological polar surface area (TPSA) is 20.2 Å². The van der Waals surface area contributed by atoms with Crippen LogP contribution in [0.4, 0.5) is 0 Å². The van der Waals surface area contributed by atoms with Gasteiger partial charge >= 0.3 is 0 Å². The molecule has 1 aromatic carbocycles. The fourth-order valence-electron chi connectivity index (χ4n) is 1.48. The number of aromatic hydroxyl groups is 1. The van der Waals surface area contributed by atoms with Gasteiger partial charge in [0.05, 0.1) is 0 Å². The molecule has 1 heterocycles. The molecule has 0 unspecified atom stereocenters. The van der Waals surface area contributed by atoms with Gasteiger partial charge in [0.1, 0.15) is 5.75 Å². The predicted octanol–water partition coefficient (Wildman–Crippen LogP) is 3.64. The van der Waals surface area contributed by atoms with E-state index in [2.05, 4.69) is 25.3 Å². The maximum absolute atomic E-state index is 9.61. The van der Waals surface area contributed by atoms with Crippen molar-refractivity contribution in [3.8, 4) is 5.75 Å². The van der Waals surface area contributed by atoms with Crippen molar-refractivity contribution in [1.29, 1.82) is 0 Å². The number of hydrogen-bond acceptors (Lipinski definition) is 3. The molecule has 0 amide bonds. The average Bonchev–Trinajstić information content (AvgIpc) is 2.49. The van der Waals surface area contributed by atoms with Gasteiger partial charge in [0.25, 0.3) is 0 Å². The molecule has 13 heavy (non-hydrogen) atoms. The first kappa shape index (κ1) is 8.91. The van der Waals surface area contributed by atoms with E-state index < -0.39 is 0 Å². The molecule has 0 spiro atoms. The van der Waals surface area contributed by atoms with Crippen LogP contribution < -0.4 is 0 Å². The van der Waals surface area contributed by atoms with E-state index in [-0.39, 0.29) is 0 Å². The van der Waals surface area contributed by atoms with Crippen molar-refractivity contribution in [2.24, 2.45) is 0 Å². The van der Waals surface area contributed by atoms with Gasteiger partial charge in [-0.1, -0.05) is 0 Å². The minimum atomic E-state index is 0.411. The highest BCUT2D eigenvalue weighted by Gasteiger charge is 2.08. The van der Waals surface area contributed by atoms with Crippen LogP contribution in [0.1, 0.15) is 5.56 Å². The van der Waals surface area contributed by atoms with Gasteiger partial charge in [0.2, 0.25) is 0 Å². The lowest BCUT2D eigenvalue weighted by atomic mass is 10.1. The standard InChI is InChI=1S/C10H10OS2/c1-6-8(12-2)3-4-9-10(6)7(11)5-13-9/h3-5,11H,1-2H3. The van der Waals surface area contributed by atoms with Crippen molar-refractivity contribution < 1.29 is 5.11 Å². The van der Waals surface area contributed by atoms with Crippen LogP contribution in [0.5, 0.6) is 5.75 Å². The molecule has 0 saturated carbocycles. The van der Waals surface area contributed by atoms with Crippen LogP contribution in [-0.2, 0) is 0 Å². The van der Waals surface area contributed by atoms with Crippen LogP contribution in [0.2, 0.25) is 0 Å². The molecule has 0 aliphatic carbocycles. The number of benzene rings is 1. The van der Waals surface area contributed by atoms with Crippen LogP contribution in [0, 0.1) is 6.92 Å². The largest absolute Gasteiger partial charge is 0.506 e. The summed E-state index contributed by atoms with van der Waals surface area (Å²) in [4.78, 5) is 1.24. The fourth-order valence-corrected chi connectivity index (χ4v) is 2.97. The maximum Gasteiger partial charge on any atom is 0.134 e. The third-order valence-electron chi connectivity index (χ3n) is 2.15. The number of thioether (sulfide) groups is 1. The molecule has 2 rings (SSSR count). The van der Waals surface area contributed by atoms with E-state index in [0.29, 0.717) is 5.75 Å². The number of fused-ring (bicyclic) bond motifs is 1. The molecule has 0 bridgehead atoms. The van der Waals surface area contributed by atoms with Crippen LogP contribution in [-0.4, -0.2) is 11.4 Å². The first-order valence-electron chi connectivity index (χ1n) is 3.98. The van der Waals surface area contributed by atoms with Crippen molar-refractivity contribution in [3.63, 3.8) is 0 Å². The highest BCUT2D eigenvalue weighted by atomic mass is 32.2. The van der Waals surface area contributed by atoms with E-state index in [9.17, 15) is 5.11 Å². The Morgan fingerprint density at radius 2 is 2.15 bits per heavy atom. The Bertz CT molecular complexity index is 445. The second-order valence-electron chi connectivity index (χ2n) is 2.89. The molecular formula is C10H10OS2. The van der Waals surface area contributed by atoms with E-state index in [4.69, 9.17) is 0 Å². The number of rotatable bonds is 1. The molecule has 0 fully saturated rings. The zero-order valence-corrected chi connectivity index (χ0v) is 9.13. The molecule has 1 nitrogen and oxygen atoms in total. The third-order valence-corrected chi connectivity index (χ3v) is 3.97. The predicted molar refractivity (Wildman–Crippen MR) is 60.0 cm³/mol. The zero-order valence-electron chi connectivity index (χ0n) is 7.50. The molecule has 0 radical (unpaired) electrons. The lowest BCUT2D eigenvalue weighted by Gasteiger charge is -2.03. The smallest absolute Gasteiger partial charge is 0.134 e. The summed E-state index contributed by atoms with van der Waals surface area (Å²) in [5.41, 5.74) is 1.18. The van der Waals surface area contributed by atoms with Crippen molar-refractivity contribution in [2.75, 3.05) is 6.26 Å². The minimum absolute atomic E-state index is 0.411. The Morgan fingerprint density at radius 1 is 1.38 bits per heavy atom. The summed E-state index contributed by atoms with van der Waals surface area (Å²) in [5.74, 6) is 0.411. The van der Waals surface area contributed by atoms with E-state index in [1.54, 1.807) is 28.5 Å². The lowest BCUT2D eigenvalue weighted by molar-refractivity contribution is 0.483. The molecule has 0 atom stereocenters. The molecule has 0 aliphatic rings. The van der Waals surface area contributed by atoms with Gasteiger partial charge in [0, 0.05) is 20.4 Å². The number of aryl methyl sites for hydroxylation is 1. The molecule has 1 aromatic heterocycles. The van der Waals surface area contributed by atoms with Crippen molar-refractivity contribution in [2.45, 2.75) is 11.8 Å². The zero-order chi connectivity index (χ0) is 9.42. The summed E-state index contributed by atoms with van der Waals surface area (Å²) < 4.78 is 1.16. The highest BCUT2D eigenvalue weighted by Crippen LogP contribution is 2.37. The van der Waals surface area contributed by atoms with Crippen LogP contribution in [0.25, 0.3) is 10.1 Å². The van der Waals surface area contributed by atoms with E-state index >= 15 is 0 Å². The van der Waals surface area contributed by atoms with E-state index in [1.807, 2.05) is 0 Å². The summed E-state index contributed by atoms with van der Waals surface area (Å²) >= 11 is 3.30. The Balaban J connectivity index is 2.83. The van der Waals surface area contributed by atoms with Gasteiger partial charge in [-0.3, -0.25) is 0 Å². The molecule has 0 aliphatic heterocycles. The second kappa shape index (κ2) is 3.24. The van der Waals surface area contributed by atoms with Crippen LogP contribution in [0.3, 0.4) is 0 Å². The summed E-state index contributed by atoms with van der Waals surface area (Å²) in [5, 5.41) is 12.4. The van der Waals surface area contributed by atoms with Gasteiger partial charge in [-0.2, -0.15) is 0 Å². The third kappa shape index (κ3) is 1.32. The van der Waals surface area contributed by atoms with Crippen LogP contribution in [0.15, 0.2) is 22.4 Å². The highest BCUT2D eigenvalue weighted by molar-refractivity contribution is 7.98. The molecule has 1 N–H and O–H groups in total. The van der Waals surface area contributed by atoms with E-state index in [0.717, 1.165) is 10.1 Å². The maximum atomic E-state index is 9.61. The molecule has 3 heteroatoms. The molecule has 2 aromatic rings. The summed E-state index contributed by atoms with van der Waals surface area (Å²) in [6.07, 6.45) is 2.05.